The Hall–Kier alpha value is -1.28. The molecule has 0 bridgehead atoms. The van der Waals surface area contributed by atoms with E-state index in [4.69, 9.17) is 4.74 Å². The van der Waals surface area contributed by atoms with Crippen molar-refractivity contribution in [2.75, 3.05) is 18.4 Å². The van der Waals surface area contributed by atoms with E-state index < -0.39 is 0 Å². The molecular formula is C17H20BrN3O2S. The Labute approximate surface area is 154 Å². The molecule has 0 aliphatic carbocycles. The SMILES string of the molecule is C[C@H]1CN(Cc2csc(NC(=O)c3cccc(Br)c3)n2)C[C@H](C)O1. The number of amides is 1. The zero-order valence-electron chi connectivity index (χ0n) is 13.7. The highest BCUT2D eigenvalue weighted by Gasteiger charge is 2.22. The Balaban J connectivity index is 1.60. The molecule has 1 aromatic carbocycles. The lowest BCUT2D eigenvalue weighted by Gasteiger charge is -2.34. The van der Waals surface area contributed by atoms with Crippen LogP contribution in [-0.4, -0.2) is 41.1 Å². The first-order valence-corrected chi connectivity index (χ1v) is 9.56. The minimum Gasteiger partial charge on any atom is -0.373 e. The van der Waals surface area contributed by atoms with Gasteiger partial charge >= 0.3 is 0 Å². The topological polar surface area (TPSA) is 54.5 Å². The molecule has 7 heteroatoms. The summed E-state index contributed by atoms with van der Waals surface area (Å²) in [6.07, 6.45) is 0.478. The number of anilines is 1. The van der Waals surface area contributed by atoms with Gasteiger partial charge in [0.1, 0.15) is 0 Å². The van der Waals surface area contributed by atoms with Gasteiger partial charge in [0.2, 0.25) is 0 Å². The van der Waals surface area contributed by atoms with E-state index in [9.17, 15) is 4.79 Å². The number of thiazole rings is 1. The summed E-state index contributed by atoms with van der Waals surface area (Å²) in [6.45, 7) is 6.77. The minimum absolute atomic E-state index is 0.147. The van der Waals surface area contributed by atoms with E-state index in [2.05, 4.69) is 45.0 Å². The molecular weight excluding hydrogens is 390 g/mol. The number of nitrogens with one attached hydrogen (secondary N) is 1. The van der Waals surface area contributed by atoms with Crippen LogP contribution in [0, 0.1) is 0 Å². The Morgan fingerprint density at radius 1 is 1.42 bits per heavy atom. The van der Waals surface area contributed by atoms with Crippen LogP contribution in [0.4, 0.5) is 5.13 Å². The standard InChI is InChI=1S/C17H20BrN3O2S/c1-11-7-21(8-12(2)23-11)9-15-10-24-17(19-15)20-16(22)13-4-3-5-14(18)6-13/h3-6,10-12H,7-9H2,1-2H3,(H,19,20,22)/t11-,12-/m0/s1. The second-order valence-corrected chi connectivity index (χ2v) is 7.83. The van der Waals surface area contributed by atoms with Crippen LogP contribution in [0.2, 0.25) is 0 Å². The average Bonchev–Trinajstić information content (AvgIpc) is 2.93. The van der Waals surface area contributed by atoms with Gasteiger partial charge < -0.3 is 4.74 Å². The van der Waals surface area contributed by atoms with Gasteiger partial charge in [-0.2, -0.15) is 0 Å². The maximum Gasteiger partial charge on any atom is 0.257 e. The number of hydrogen-bond donors (Lipinski definition) is 1. The van der Waals surface area contributed by atoms with Crippen molar-refractivity contribution in [3.05, 3.63) is 45.4 Å². The number of morpholine rings is 1. The lowest BCUT2D eigenvalue weighted by Crippen LogP contribution is -2.44. The Bertz CT molecular complexity index is 711. The van der Waals surface area contributed by atoms with Crippen LogP contribution >= 0.6 is 27.3 Å². The molecule has 1 aliphatic rings. The van der Waals surface area contributed by atoms with Crippen molar-refractivity contribution in [3.63, 3.8) is 0 Å². The number of nitrogens with zero attached hydrogens (tertiary/aromatic N) is 2. The van der Waals surface area contributed by atoms with Gasteiger partial charge in [-0.1, -0.05) is 22.0 Å². The lowest BCUT2D eigenvalue weighted by molar-refractivity contribution is -0.0707. The molecule has 1 fully saturated rings. The van der Waals surface area contributed by atoms with E-state index >= 15 is 0 Å². The summed E-state index contributed by atoms with van der Waals surface area (Å²) in [4.78, 5) is 19.1. The Morgan fingerprint density at radius 3 is 2.88 bits per heavy atom. The van der Waals surface area contributed by atoms with E-state index in [-0.39, 0.29) is 18.1 Å². The van der Waals surface area contributed by atoms with Crippen molar-refractivity contribution in [3.8, 4) is 0 Å². The number of hydrogen-bond acceptors (Lipinski definition) is 5. The summed E-state index contributed by atoms with van der Waals surface area (Å²) in [5.41, 5.74) is 1.59. The van der Waals surface area contributed by atoms with E-state index in [0.717, 1.165) is 29.8 Å². The zero-order chi connectivity index (χ0) is 17.1. The fourth-order valence-corrected chi connectivity index (χ4v) is 3.97. The third-order valence-corrected chi connectivity index (χ3v) is 5.04. The second-order valence-electron chi connectivity index (χ2n) is 6.06. The molecule has 2 aromatic rings. The van der Waals surface area contributed by atoms with Gasteiger partial charge in [-0.05, 0) is 32.0 Å². The molecule has 1 N–H and O–H groups in total. The van der Waals surface area contributed by atoms with E-state index in [0.29, 0.717) is 10.7 Å². The first-order valence-electron chi connectivity index (χ1n) is 7.89. The molecule has 0 saturated carbocycles. The normalized spacial score (nSPS) is 21.6. The van der Waals surface area contributed by atoms with Gasteiger partial charge in [-0.3, -0.25) is 15.0 Å². The largest absolute Gasteiger partial charge is 0.373 e. The monoisotopic (exact) mass is 409 g/mol. The maximum atomic E-state index is 12.3. The van der Waals surface area contributed by atoms with Crippen LogP contribution in [-0.2, 0) is 11.3 Å². The summed E-state index contributed by atoms with van der Waals surface area (Å²) >= 11 is 4.83. The van der Waals surface area contributed by atoms with Crippen LogP contribution < -0.4 is 5.32 Å². The molecule has 128 valence electrons. The number of halogens is 1. The highest BCUT2D eigenvalue weighted by atomic mass is 79.9. The van der Waals surface area contributed by atoms with Gasteiger partial charge in [0.05, 0.1) is 17.9 Å². The van der Waals surface area contributed by atoms with E-state index in [1.165, 1.54) is 11.3 Å². The lowest BCUT2D eigenvalue weighted by atomic mass is 10.2. The first-order chi connectivity index (χ1) is 11.5. The fourth-order valence-electron chi connectivity index (χ4n) is 2.88. The van der Waals surface area contributed by atoms with Crippen LogP contribution in [0.3, 0.4) is 0 Å². The smallest absolute Gasteiger partial charge is 0.257 e. The summed E-state index contributed by atoms with van der Waals surface area (Å²) in [5, 5.41) is 5.50. The van der Waals surface area contributed by atoms with Gasteiger partial charge in [0.25, 0.3) is 5.91 Å². The molecule has 0 spiro atoms. The molecule has 1 aromatic heterocycles. The maximum absolute atomic E-state index is 12.3. The van der Waals surface area contributed by atoms with E-state index in [1.54, 1.807) is 12.1 Å². The molecule has 2 heterocycles. The third kappa shape index (κ3) is 4.63. The van der Waals surface area contributed by atoms with E-state index in [1.807, 2.05) is 17.5 Å². The van der Waals surface area contributed by atoms with Crippen LogP contribution in [0.15, 0.2) is 34.1 Å². The van der Waals surface area contributed by atoms with Crippen molar-refractivity contribution in [2.45, 2.75) is 32.6 Å². The molecule has 5 nitrogen and oxygen atoms in total. The zero-order valence-corrected chi connectivity index (χ0v) is 16.1. The molecule has 0 unspecified atom stereocenters. The number of benzene rings is 1. The van der Waals surface area contributed by atoms with Crippen molar-refractivity contribution < 1.29 is 9.53 Å². The molecule has 1 saturated heterocycles. The first kappa shape index (κ1) is 17.5. The molecule has 0 radical (unpaired) electrons. The van der Waals surface area contributed by atoms with Crippen molar-refractivity contribution in [2.24, 2.45) is 0 Å². The molecule has 24 heavy (non-hydrogen) atoms. The van der Waals surface area contributed by atoms with Gasteiger partial charge in [0.15, 0.2) is 5.13 Å². The predicted octanol–water partition coefficient (Wildman–Crippen LogP) is 3.77. The molecule has 2 atom stereocenters. The fraction of sp³-hybridized carbons (Fsp3) is 0.412. The highest BCUT2D eigenvalue weighted by molar-refractivity contribution is 9.10. The molecule has 1 amide bonds. The average molecular weight is 410 g/mol. The summed E-state index contributed by atoms with van der Waals surface area (Å²) in [6, 6.07) is 7.31. The number of carbonyl (C=O) groups excluding carboxylic acids is 1. The number of ether oxygens (including phenoxy) is 1. The Kier molecular flexibility index (Phi) is 5.65. The predicted molar refractivity (Wildman–Crippen MR) is 99.5 cm³/mol. The Morgan fingerprint density at radius 2 is 2.17 bits per heavy atom. The number of aromatic nitrogens is 1. The van der Waals surface area contributed by atoms with Crippen LogP contribution in [0.25, 0.3) is 0 Å². The molecule has 3 rings (SSSR count). The third-order valence-electron chi connectivity index (χ3n) is 3.74. The highest BCUT2D eigenvalue weighted by Crippen LogP contribution is 2.20. The number of rotatable bonds is 4. The second kappa shape index (κ2) is 7.74. The summed E-state index contributed by atoms with van der Waals surface area (Å²) in [7, 11) is 0. The van der Waals surface area contributed by atoms with Gasteiger partial charge in [-0.15, -0.1) is 11.3 Å². The summed E-state index contributed by atoms with van der Waals surface area (Å²) < 4.78 is 6.63. The number of carbonyl (C=O) groups is 1. The van der Waals surface area contributed by atoms with Gasteiger partial charge in [0, 0.05) is 35.1 Å². The quantitative estimate of drug-likeness (QED) is 0.834. The van der Waals surface area contributed by atoms with Crippen LogP contribution in [0.1, 0.15) is 29.9 Å². The molecule has 1 aliphatic heterocycles. The van der Waals surface area contributed by atoms with Crippen molar-refractivity contribution in [1.82, 2.24) is 9.88 Å². The van der Waals surface area contributed by atoms with Gasteiger partial charge in [-0.25, -0.2) is 4.98 Å². The van der Waals surface area contributed by atoms with Crippen LogP contribution in [0.5, 0.6) is 0 Å². The van der Waals surface area contributed by atoms with Crippen molar-refractivity contribution in [1.29, 1.82) is 0 Å². The summed E-state index contributed by atoms with van der Waals surface area (Å²) in [5.74, 6) is -0.147. The van der Waals surface area contributed by atoms with Crippen molar-refractivity contribution >= 4 is 38.3 Å². The minimum atomic E-state index is -0.147.